The van der Waals surface area contributed by atoms with Crippen molar-refractivity contribution in [1.29, 1.82) is 0 Å². The van der Waals surface area contributed by atoms with Crippen LogP contribution in [0.5, 0.6) is 0 Å². The van der Waals surface area contributed by atoms with Gasteiger partial charge in [-0.25, -0.2) is 0 Å². The van der Waals surface area contributed by atoms with Gasteiger partial charge >= 0.3 is 5.97 Å². The van der Waals surface area contributed by atoms with Gasteiger partial charge in [-0.05, 0) is 45.2 Å². The minimum Gasteiger partial charge on any atom is -0.480 e. The van der Waals surface area contributed by atoms with E-state index in [2.05, 4.69) is 10.6 Å². The number of piperidine rings is 1. The maximum atomic E-state index is 11.1. The summed E-state index contributed by atoms with van der Waals surface area (Å²) in [6, 6.07) is -1.00. The summed E-state index contributed by atoms with van der Waals surface area (Å²) in [7, 11) is 0. The molecule has 0 aliphatic carbocycles. The standard InChI is InChI=1S/C15H28N2O3/c1-12(11-18)17-14(15(19)20)6-4-2-3-5-13-7-9-16-10-8-13/h11-14,16-17H,2-10H2,1H3,(H,19,20)/t12-,14?/m0/s1. The van der Waals surface area contributed by atoms with Gasteiger partial charge in [0.1, 0.15) is 12.3 Å². The number of aliphatic carboxylic acids is 1. The van der Waals surface area contributed by atoms with E-state index in [1.807, 2.05) is 0 Å². The van der Waals surface area contributed by atoms with Gasteiger partial charge in [0.15, 0.2) is 0 Å². The van der Waals surface area contributed by atoms with E-state index < -0.39 is 18.1 Å². The molecule has 1 rings (SSSR count). The molecule has 0 amide bonds. The largest absolute Gasteiger partial charge is 0.480 e. The number of carboxylic acids is 1. The number of nitrogens with one attached hydrogen (secondary N) is 2. The normalized spacial score (nSPS) is 19.4. The predicted molar refractivity (Wildman–Crippen MR) is 78.8 cm³/mol. The van der Waals surface area contributed by atoms with Crippen LogP contribution in [0.3, 0.4) is 0 Å². The summed E-state index contributed by atoms with van der Waals surface area (Å²) in [4.78, 5) is 21.6. The zero-order valence-electron chi connectivity index (χ0n) is 12.4. The topological polar surface area (TPSA) is 78.4 Å². The Kier molecular flexibility index (Phi) is 8.46. The second-order valence-electron chi connectivity index (χ2n) is 5.81. The van der Waals surface area contributed by atoms with Crippen LogP contribution in [-0.4, -0.2) is 42.5 Å². The molecular weight excluding hydrogens is 256 g/mol. The quantitative estimate of drug-likeness (QED) is 0.419. The molecule has 116 valence electrons. The Hall–Kier alpha value is -0.940. The van der Waals surface area contributed by atoms with Crippen molar-refractivity contribution in [2.45, 2.75) is 64.0 Å². The molecule has 0 aromatic carbocycles. The van der Waals surface area contributed by atoms with Gasteiger partial charge in [-0.2, -0.15) is 0 Å². The molecule has 20 heavy (non-hydrogen) atoms. The van der Waals surface area contributed by atoms with E-state index in [-0.39, 0.29) is 0 Å². The molecule has 2 atom stereocenters. The Labute approximate surface area is 121 Å². The number of carbonyl (C=O) groups excluding carboxylic acids is 1. The lowest BCUT2D eigenvalue weighted by Gasteiger charge is -2.22. The number of rotatable bonds is 10. The lowest BCUT2D eigenvalue weighted by molar-refractivity contribution is -0.139. The Bertz CT molecular complexity index is 291. The van der Waals surface area contributed by atoms with Crippen LogP contribution >= 0.6 is 0 Å². The lowest BCUT2D eigenvalue weighted by atomic mass is 9.92. The van der Waals surface area contributed by atoms with Crippen LogP contribution in [-0.2, 0) is 9.59 Å². The highest BCUT2D eigenvalue weighted by Gasteiger charge is 2.18. The predicted octanol–water partition coefficient (Wildman–Crippen LogP) is 1.57. The van der Waals surface area contributed by atoms with E-state index in [0.29, 0.717) is 6.42 Å². The summed E-state index contributed by atoms with van der Waals surface area (Å²) in [5, 5.41) is 15.3. The molecule has 1 unspecified atom stereocenters. The van der Waals surface area contributed by atoms with Crippen molar-refractivity contribution in [3.05, 3.63) is 0 Å². The Morgan fingerprint density at radius 1 is 1.35 bits per heavy atom. The van der Waals surface area contributed by atoms with Crippen molar-refractivity contribution in [3.8, 4) is 0 Å². The van der Waals surface area contributed by atoms with Crippen molar-refractivity contribution in [1.82, 2.24) is 10.6 Å². The van der Waals surface area contributed by atoms with Gasteiger partial charge in [0.2, 0.25) is 0 Å². The fraction of sp³-hybridized carbons (Fsp3) is 0.867. The average Bonchev–Trinajstić information content (AvgIpc) is 2.46. The van der Waals surface area contributed by atoms with Gasteiger partial charge in [0.05, 0.1) is 6.04 Å². The van der Waals surface area contributed by atoms with Gasteiger partial charge in [0.25, 0.3) is 0 Å². The molecule has 5 nitrogen and oxygen atoms in total. The average molecular weight is 284 g/mol. The summed E-state index contributed by atoms with van der Waals surface area (Å²) in [5.74, 6) is -0.0169. The maximum absolute atomic E-state index is 11.1. The van der Waals surface area contributed by atoms with E-state index in [4.69, 9.17) is 5.11 Å². The van der Waals surface area contributed by atoms with Crippen molar-refractivity contribution < 1.29 is 14.7 Å². The highest BCUT2D eigenvalue weighted by atomic mass is 16.4. The summed E-state index contributed by atoms with van der Waals surface area (Å²) in [6.07, 6.45) is 8.31. The first-order valence-electron chi connectivity index (χ1n) is 7.78. The summed E-state index contributed by atoms with van der Waals surface area (Å²) >= 11 is 0. The van der Waals surface area contributed by atoms with Crippen LogP contribution in [0.2, 0.25) is 0 Å². The molecule has 1 heterocycles. The summed E-state index contributed by atoms with van der Waals surface area (Å²) < 4.78 is 0. The first-order valence-corrected chi connectivity index (χ1v) is 7.78. The fourth-order valence-electron chi connectivity index (χ4n) is 2.76. The van der Waals surface area contributed by atoms with Crippen molar-refractivity contribution in [2.24, 2.45) is 5.92 Å². The zero-order valence-corrected chi connectivity index (χ0v) is 12.4. The number of carbonyl (C=O) groups is 2. The van der Waals surface area contributed by atoms with E-state index in [0.717, 1.165) is 38.1 Å². The molecule has 0 bridgehead atoms. The van der Waals surface area contributed by atoms with Gasteiger partial charge in [0, 0.05) is 0 Å². The third kappa shape index (κ3) is 7.01. The number of aldehydes is 1. The molecule has 0 aromatic rings. The third-order valence-electron chi connectivity index (χ3n) is 4.03. The first-order chi connectivity index (χ1) is 9.63. The first kappa shape index (κ1) is 17.1. The smallest absolute Gasteiger partial charge is 0.320 e. The second kappa shape index (κ2) is 9.88. The highest BCUT2D eigenvalue weighted by Crippen LogP contribution is 2.19. The maximum Gasteiger partial charge on any atom is 0.320 e. The lowest BCUT2D eigenvalue weighted by Crippen LogP contribution is -2.42. The van der Waals surface area contributed by atoms with E-state index in [9.17, 15) is 9.59 Å². The minimum absolute atomic E-state index is 0.397. The molecule has 0 spiro atoms. The molecule has 0 radical (unpaired) electrons. The van der Waals surface area contributed by atoms with Crippen LogP contribution in [0.15, 0.2) is 0 Å². The number of unbranched alkanes of at least 4 members (excludes halogenated alkanes) is 2. The SMILES string of the molecule is C[C@@H](C=O)NC(CCCCCC1CCNCC1)C(=O)O. The number of hydrogen-bond donors (Lipinski definition) is 3. The van der Waals surface area contributed by atoms with Crippen molar-refractivity contribution in [2.75, 3.05) is 13.1 Å². The van der Waals surface area contributed by atoms with Crippen molar-refractivity contribution in [3.63, 3.8) is 0 Å². The van der Waals surface area contributed by atoms with Crippen LogP contribution in [0.1, 0.15) is 51.9 Å². The minimum atomic E-state index is -0.864. The van der Waals surface area contributed by atoms with Gasteiger partial charge < -0.3 is 15.2 Å². The van der Waals surface area contributed by atoms with E-state index in [1.54, 1.807) is 6.92 Å². The molecule has 1 aliphatic rings. The Morgan fingerprint density at radius 2 is 2.05 bits per heavy atom. The van der Waals surface area contributed by atoms with E-state index in [1.165, 1.54) is 25.7 Å². The van der Waals surface area contributed by atoms with Gasteiger partial charge in [-0.3, -0.25) is 10.1 Å². The van der Waals surface area contributed by atoms with Crippen LogP contribution < -0.4 is 10.6 Å². The van der Waals surface area contributed by atoms with E-state index >= 15 is 0 Å². The fourth-order valence-corrected chi connectivity index (χ4v) is 2.76. The summed E-state index contributed by atoms with van der Waals surface area (Å²) in [6.45, 7) is 3.96. The van der Waals surface area contributed by atoms with Crippen LogP contribution in [0.25, 0.3) is 0 Å². The molecule has 0 aromatic heterocycles. The second-order valence-corrected chi connectivity index (χ2v) is 5.81. The van der Waals surface area contributed by atoms with Gasteiger partial charge in [-0.15, -0.1) is 0 Å². The highest BCUT2D eigenvalue weighted by molar-refractivity contribution is 5.74. The van der Waals surface area contributed by atoms with Crippen LogP contribution in [0.4, 0.5) is 0 Å². The Morgan fingerprint density at radius 3 is 2.65 bits per heavy atom. The molecule has 1 aliphatic heterocycles. The monoisotopic (exact) mass is 284 g/mol. The number of carboxylic acid groups (broad SMARTS) is 1. The third-order valence-corrected chi connectivity index (χ3v) is 4.03. The Balaban J connectivity index is 2.10. The van der Waals surface area contributed by atoms with Crippen molar-refractivity contribution >= 4 is 12.3 Å². The molecular formula is C15H28N2O3. The summed E-state index contributed by atoms with van der Waals surface area (Å²) in [5.41, 5.74) is 0. The van der Waals surface area contributed by atoms with Gasteiger partial charge in [-0.1, -0.05) is 25.7 Å². The molecule has 0 saturated carbocycles. The molecule has 1 saturated heterocycles. The number of hydrogen-bond acceptors (Lipinski definition) is 4. The molecule has 5 heteroatoms. The zero-order chi connectivity index (χ0) is 14.8. The molecule has 3 N–H and O–H groups in total. The van der Waals surface area contributed by atoms with Crippen LogP contribution in [0, 0.1) is 5.92 Å². The molecule has 1 fully saturated rings.